The largest absolute Gasteiger partial charge is 0.336 e. The fourth-order valence-electron chi connectivity index (χ4n) is 1.10. The number of aryl methyl sites for hydroxylation is 1. The highest BCUT2D eigenvalue weighted by molar-refractivity contribution is 5.12. The van der Waals surface area contributed by atoms with Crippen LogP contribution in [-0.4, -0.2) is 30.2 Å². The molecule has 0 bridgehead atoms. The third-order valence-electron chi connectivity index (χ3n) is 1.81. The zero-order chi connectivity index (χ0) is 9.26. The fraction of sp³-hybridized carbons (Fsp3) is 0.333. The predicted octanol–water partition coefficient (Wildman–Crippen LogP) is -1.02. The Morgan fingerprint density at radius 3 is 3.00 bits per heavy atom. The summed E-state index contributed by atoms with van der Waals surface area (Å²) in [7, 11) is 1.86. The topological polar surface area (TPSA) is 98.3 Å². The van der Waals surface area contributed by atoms with Crippen LogP contribution in [0.1, 0.15) is 17.6 Å². The average Bonchev–Trinajstić information content (AvgIpc) is 2.72. The van der Waals surface area contributed by atoms with Gasteiger partial charge in [-0.15, -0.1) is 10.2 Å². The second-order valence-electron chi connectivity index (χ2n) is 2.68. The zero-order valence-electron chi connectivity index (χ0n) is 7.05. The lowest BCUT2D eigenvalue weighted by molar-refractivity contribution is 0.705. The smallest absolute Gasteiger partial charge is 0.197 e. The minimum absolute atomic E-state index is 0.383. The Labute approximate surface area is 74.0 Å². The summed E-state index contributed by atoms with van der Waals surface area (Å²) in [5, 5.41) is 13.4. The number of aromatic nitrogens is 6. The average molecular weight is 179 g/mol. The first kappa shape index (κ1) is 7.87. The molecule has 2 heterocycles. The molecule has 0 aliphatic rings. The molecule has 0 aromatic carbocycles. The number of H-pyrrole nitrogens is 1. The van der Waals surface area contributed by atoms with Crippen molar-refractivity contribution >= 4 is 0 Å². The second kappa shape index (κ2) is 2.94. The summed E-state index contributed by atoms with van der Waals surface area (Å²) in [6, 6.07) is -0.383. The number of tetrazole rings is 1. The third kappa shape index (κ3) is 1.29. The van der Waals surface area contributed by atoms with Gasteiger partial charge in [-0.25, -0.2) is 4.98 Å². The van der Waals surface area contributed by atoms with Gasteiger partial charge in [-0.05, 0) is 0 Å². The lowest BCUT2D eigenvalue weighted by Crippen LogP contribution is -2.16. The Kier molecular flexibility index (Phi) is 1.78. The summed E-state index contributed by atoms with van der Waals surface area (Å²) in [6.07, 6.45) is 3.36. The Hall–Kier alpha value is -1.76. The van der Waals surface area contributed by atoms with E-state index in [2.05, 4.69) is 25.6 Å². The third-order valence-corrected chi connectivity index (χ3v) is 1.81. The van der Waals surface area contributed by atoms with Crippen LogP contribution >= 0.6 is 0 Å². The normalized spacial score (nSPS) is 13.1. The zero-order valence-corrected chi connectivity index (χ0v) is 7.05. The standard InChI is InChI=1S/C6H9N7/c1-13-3-8-2-4(13)5(7)6-9-11-12-10-6/h2-3,5H,7H2,1H3,(H,9,10,11,12). The number of hydrogen-bond donors (Lipinski definition) is 2. The van der Waals surface area contributed by atoms with Crippen molar-refractivity contribution in [3.63, 3.8) is 0 Å². The summed E-state index contributed by atoms with van der Waals surface area (Å²) < 4.78 is 1.82. The van der Waals surface area contributed by atoms with E-state index in [0.717, 1.165) is 5.69 Å². The first-order valence-electron chi connectivity index (χ1n) is 3.74. The number of hydrogen-bond acceptors (Lipinski definition) is 5. The highest BCUT2D eigenvalue weighted by atomic mass is 15.5. The molecule has 7 nitrogen and oxygen atoms in total. The van der Waals surface area contributed by atoms with E-state index in [4.69, 9.17) is 5.73 Å². The van der Waals surface area contributed by atoms with Gasteiger partial charge in [0, 0.05) is 7.05 Å². The van der Waals surface area contributed by atoms with Gasteiger partial charge in [0.05, 0.1) is 18.2 Å². The summed E-state index contributed by atoms with van der Waals surface area (Å²) in [5.74, 6) is 0.462. The fourth-order valence-corrected chi connectivity index (χ4v) is 1.10. The maximum atomic E-state index is 5.86. The van der Waals surface area contributed by atoms with Crippen molar-refractivity contribution in [1.82, 2.24) is 30.2 Å². The molecule has 2 aromatic heterocycles. The minimum Gasteiger partial charge on any atom is -0.336 e. The van der Waals surface area contributed by atoms with Crippen molar-refractivity contribution in [1.29, 1.82) is 0 Å². The van der Waals surface area contributed by atoms with Crippen LogP contribution in [0.25, 0.3) is 0 Å². The highest BCUT2D eigenvalue weighted by Gasteiger charge is 2.15. The number of nitrogens with zero attached hydrogens (tertiary/aromatic N) is 5. The van der Waals surface area contributed by atoms with Gasteiger partial charge < -0.3 is 10.3 Å². The van der Waals surface area contributed by atoms with Crippen LogP contribution in [0.2, 0.25) is 0 Å². The van der Waals surface area contributed by atoms with Gasteiger partial charge in [-0.1, -0.05) is 5.21 Å². The van der Waals surface area contributed by atoms with E-state index in [1.165, 1.54) is 0 Å². The lowest BCUT2D eigenvalue weighted by Gasteiger charge is -2.06. The molecule has 0 saturated carbocycles. The molecule has 0 spiro atoms. The van der Waals surface area contributed by atoms with Crippen LogP contribution in [0.4, 0.5) is 0 Å². The molecule has 1 unspecified atom stereocenters. The van der Waals surface area contributed by atoms with E-state index in [9.17, 15) is 0 Å². The first-order chi connectivity index (χ1) is 6.29. The highest BCUT2D eigenvalue weighted by Crippen LogP contribution is 2.12. The molecule has 1 atom stereocenters. The Morgan fingerprint density at radius 1 is 1.62 bits per heavy atom. The molecular weight excluding hydrogens is 170 g/mol. The molecule has 0 amide bonds. The number of rotatable bonds is 2. The van der Waals surface area contributed by atoms with E-state index in [1.54, 1.807) is 12.5 Å². The molecule has 2 aromatic rings. The van der Waals surface area contributed by atoms with Crippen LogP contribution in [-0.2, 0) is 7.05 Å². The maximum Gasteiger partial charge on any atom is 0.197 e. The van der Waals surface area contributed by atoms with Gasteiger partial charge in [0.2, 0.25) is 0 Å². The quantitative estimate of drug-likeness (QED) is 0.615. The molecule has 0 aliphatic heterocycles. The molecule has 0 radical (unpaired) electrons. The number of imidazole rings is 1. The lowest BCUT2D eigenvalue weighted by atomic mass is 10.2. The van der Waals surface area contributed by atoms with Crippen molar-refractivity contribution in [2.45, 2.75) is 6.04 Å². The molecule has 2 rings (SSSR count). The Balaban J connectivity index is 2.33. The summed E-state index contributed by atoms with van der Waals surface area (Å²) >= 11 is 0. The van der Waals surface area contributed by atoms with E-state index in [0.29, 0.717) is 5.82 Å². The number of aromatic amines is 1. The van der Waals surface area contributed by atoms with Gasteiger partial charge >= 0.3 is 0 Å². The summed E-state index contributed by atoms with van der Waals surface area (Å²) in [6.45, 7) is 0. The van der Waals surface area contributed by atoms with E-state index in [-0.39, 0.29) is 6.04 Å². The van der Waals surface area contributed by atoms with Crippen LogP contribution in [0.5, 0.6) is 0 Å². The molecule has 0 saturated heterocycles. The van der Waals surface area contributed by atoms with Crippen molar-refractivity contribution in [2.24, 2.45) is 12.8 Å². The van der Waals surface area contributed by atoms with Gasteiger partial charge in [0.1, 0.15) is 6.04 Å². The van der Waals surface area contributed by atoms with E-state index in [1.807, 2.05) is 11.6 Å². The predicted molar refractivity (Wildman–Crippen MR) is 43.4 cm³/mol. The Morgan fingerprint density at radius 2 is 2.46 bits per heavy atom. The van der Waals surface area contributed by atoms with E-state index >= 15 is 0 Å². The van der Waals surface area contributed by atoms with Crippen LogP contribution in [0, 0.1) is 0 Å². The Bertz CT molecular complexity index is 375. The maximum absolute atomic E-state index is 5.86. The molecule has 0 aliphatic carbocycles. The summed E-state index contributed by atoms with van der Waals surface area (Å²) in [5.41, 5.74) is 6.71. The molecule has 68 valence electrons. The SMILES string of the molecule is Cn1cncc1C(N)c1nn[nH]n1. The monoisotopic (exact) mass is 179 g/mol. The molecule has 7 heteroatoms. The van der Waals surface area contributed by atoms with Crippen LogP contribution in [0.3, 0.4) is 0 Å². The number of nitrogens with one attached hydrogen (secondary N) is 1. The first-order valence-corrected chi connectivity index (χ1v) is 3.74. The van der Waals surface area contributed by atoms with E-state index < -0.39 is 0 Å². The molecule has 0 fully saturated rings. The van der Waals surface area contributed by atoms with Crippen LogP contribution in [0.15, 0.2) is 12.5 Å². The van der Waals surface area contributed by atoms with Crippen molar-refractivity contribution in [3.8, 4) is 0 Å². The molecule has 13 heavy (non-hydrogen) atoms. The molecular formula is C6H9N7. The van der Waals surface area contributed by atoms with Gasteiger partial charge in [0.15, 0.2) is 5.82 Å². The van der Waals surface area contributed by atoms with Crippen molar-refractivity contribution in [3.05, 3.63) is 24.0 Å². The van der Waals surface area contributed by atoms with Crippen molar-refractivity contribution in [2.75, 3.05) is 0 Å². The van der Waals surface area contributed by atoms with Gasteiger partial charge in [-0.3, -0.25) is 0 Å². The van der Waals surface area contributed by atoms with Crippen LogP contribution < -0.4 is 5.73 Å². The van der Waals surface area contributed by atoms with Crippen molar-refractivity contribution < 1.29 is 0 Å². The minimum atomic E-state index is -0.383. The second-order valence-corrected chi connectivity index (χ2v) is 2.68. The van der Waals surface area contributed by atoms with Gasteiger partial charge in [-0.2, -0.15) is 5.21 Å². The molecule has 3 N–H and O–H groups in total. The summed E-state index contributed by atoms with van der Waals surface area (Å²) in [4.78, 5) is 3.95. The number of nitrogens with two attached hydrogens (primary N) is 1. The van der Waals surface area contributed by atoms with Gasteiger partial charge in [0.25, 0.3) is 0 Å².